The predicted molar refractivity (Wildman–Crippen MR) is 92.1 cm³/mol. The van der Waals surface area contributed by atoms with Crippen molar-refractivity contribution in [1.29, 1.82) is 0 Å². The molecule has 2 heterocycles. The van der Waals surface area contributed by atoms with Gasteiger partial charge in [-0.05, 0) is 38.3 Å². The number of piperidine rings is 1. The maximum atomic E-state index is 12.0. The fourth-order valence-corrected chi connectivity index (χ4v) is 2.62. The Morgan fingerprint density at radius 1 is 1.33 bits per heavy atom. The van der Waals surface area contributed by atoms with Gasteiger partial charge in [0.2, 0.25) is 0 Å². The summed E-state index contributed by atoms with van der Waals surface area (Å²) in [5.41, 5.74) is 0.602. The van der Waals surface area contributed by atoms with Crippen molar-refractivity contribution in [3.63, 3.8) is 0 Å². The summed E-state index contributed by atoms with van der Waals surface area (Å²) in [6.07, 6.45) is 3.95. The third-order valence-corrected chi connectivity index (χ3v) is 3.93. The molecule has 1 aliphatic rings. The Morgan fingerprint density at radius 3 is 2.75 bits per heavy atom. The lowest BCUT2D eigenvalue weighted by atomic mass is 10.1. The SMILES string of the molecule is CCCNC(=O)c1ccnc(NC2CCN(C(=O)OCC)CC2)c1. The lowest BCUT2D eigenvalue weighted by molar-refractivity contribution is 0.0950. The first-order chi connectivity index (χ1) is 11.6. The highest BCUT2D eigenvalue weighted by atomic mass is 16.6. The van der Waals surface area contributed by atoms with Crippen LogP contribution in [-0.2, 0) is 4.74 Å². The Hall–Kier alpha value is -2.31. The van der Waals surface area contributed by atoms with E-state index in [4.69, 9.17) is 4.74 Å². The summed E-state index contributed by atoms with van der Waals surface area (Å²) >= 11 is 0. The number of rotatable bonds is 6. The molecule has 132 valence electrons. The summed E-state index contributed by atoms with van der Waals surface area (Å²) in [5.74, 6) is 0.605. The predicted octanol–water partition coefficient (Wildman–Crippen LogP) is 2.25. The van der Waals surface area contributed by atoms with Gasteiger partial charge >= 0.3 is 6.09 Å². The molecule has 0 aliphatic carbocycles. The minimum absolute atomic E-state index is 0.0839. The lowest BCUT2D eigenvalue weighted by Gasteiger charge is -2.31. The van der Waals surface area contributed by atoms with Crippen LogP contribution in [0.15, 0.2) is 18.3 Å². The highest BCUT2D eigenvalue weighted by Gasteiger charge is 2.23. The summed E-state index contributed by atoms with van der Waals surface area (Å²) in [6.45, 7) is 6.20. The van der Waals surface area contributed by atoms with Crippen molar-refractivity contribution in [3.05, 3.63) is 23.9 Å². The number of anilines is 1. The van der Waals surface area contributed by atoms with Crippen LogP contribution in [0.4, 0.5) is 10.6 Å². The normalized spacial score (nSPS) is 15.0. The van der Waals surface area contributed by atoms with E-state index in [-0.39, 0.29) is 18.0 Å². The van der Waals surface area contributed by atoms with E-state index in [1.54, 1.807) is 23.2 Å². The molecule has 0 radical (unpaired) electrons. The van der Waals surface area contributed by atoms with Crippen molar-refractivity contribution >= 4 is 17.8 Å². The van der Waals surface area contributed by atoms with Gasteiger partial charge in [-0.3, -0.25) is 4.79 Å². The number of amides is 2. The highest BCUT2D eigenvalue weighted by Crippen LogP contribution is 2.16. The van der Waals surface area contributed by atoms with Crippen molar-refractivity contribution in [1.82, 2.24) is 15.2 Å². The van der Waals surface area contributed by atoms with E-state index in [9.17, 15) is 9.59 Å². The highest BCUT2D eigenvalue weighted by molar-refractivity contribution is 5.94. The van der Waals surface area contributed by atoms with Gasteiger partial charge in [-0.25, -0.2) is 9.78 Å². The van der Waals surface area contributed by atoms with Crippen molar-refractivity contribution in [3.8, 4) is 0 Å². The smallest absolute Gasteiger partial charge is 0.409 e. The third kappa shape index (κ3) is 5.11. The van der Waals surface area contributed by atoms with Crippen LogP contribution in [0.1, 0.15) is 43.5 Å². The molecule has 1 saturated heterocycles. The molecule has 0 spiro atoms. The Labute approximate surface area is 142 Å². The first-order valence-electron chi connectivity index (χ1n) is 8.56. The first kappa shape index (κ1) is 18.0. The van der Waals surface area contributed by atoms with Crippen LogP contribution in [0, 0.1) is 0 Å². The van der Waals surface area contributed by atoms with Gasteiger partial charge in [-0.15, -0.1) is 0 Å². The van der Waals surface area contributed by atoms with Crippen molar-refractivity contribution in [2.75, 3.05) is 31.6 Å². The second-order valence-electron chi connectivity index (χ2n) is 5.79. The standard InChI is InChI=1S/C17H26N4O3/c1-3-8-19-16(22)13-5-9-18-15(12-13)20-14-6-10-21(11-7-14)17(23)24-4-2/h5,9,12,14H,3-4,6-8,10-11H2,1-2H3,(H,18,20)(H,19,22). The quantitative estimate of drug-likeness (QED) is 0.834. The maximum absolute atomic E-state index is 12.0. The minimum atomic E-state index is -0.247. The van der Waals surface area contributed by atoms with E-state index < -0.39 is 0 Å². The number of carbonyl (C=O) groups is 2. The number of likely N-dealkylation sites (tertiary alicyclic amines) is 1. The van der Waals surface area contributed by atoms with E-state index in [0.717, 1.165) is 19.3 Å². The monoisotopic (exact) mass is 334 g/mol. The molecule has 1 aromatic rings. The number of nitrogens with zero attached hydrogens (tertiary/aromatic N) is 2. The zero-order chi connectivity index (χ0) is 17.4. The molecule has 0 aromatic carbocycles. The van der Waals surface area contributed by atoms with E-state index in [1.807, 2.05) is 13.8 Å². The molecule has 7 heteroatoms. The van der Waals surface area contributed by atoms with E-state index in [2.05, 4.69) is 15.6 Å². The second kappa shape index (κ2) is 9.10. The van der Waals surface area contributed by atoms with Gasteiger partial charge in [0.25, 0.3) is 5.91 Å². The molecule has 1 aliphatic heterocycles. The van der Waals surface area contributed by atoms with Gasteiger partial charge in [0, 0.05) is 37.4 Å². The summed E-state index contributed by atoms with van der Waals surface area (Å²) in [4.78, 5) is 29.7. The van der Waals surface area contributed by atoms with Crippen molar-refractivity contribution in [2.45, 2.75) is 39.2 Å². The number of hydrogen-bond donors (Lipinski definition) is 2. The third-order valence-electron chi connectivity index (χ3n) is 3.93. The fourth-order valence-electron chi connectivity index (χ4n) is 2.62. The lowest BCUT2D eigenvalue weighted by Crippen LogP contribution is -2.42. The second-order valence-corrected chi connectivity index (χ2v) is 5.79. The number of aromatic nitrogens is 1. The average molecular weight is 334 g/mol. The van der Waals surface area contributed by atoms with Gasteiger partial charge in [-0.2, -0.15) is 0 Å². The molecule has 0 unspecified atom stereocenters. The fraction of sp³-hybridized carbons (Fsp3) is 0.588. The molecule has 1 fully saturated rings. The van der Waals surface area contributed by atoms with Crippen LogP contribution in [0.2, 0.25) is 0 Å². The van der Waals surface area contributed by atoms with Gasteiger partial charge < -0.3 is 20.3 Å². The Kier molecular flexibility index (Phi) is 6.84. The summed E-state index contributed by atoms with van der Waals surface area (Å²) in [6, 6.07) is 3.71. The van der Waals surface area contributed by atoms with E-state index in [0.29, 0.717) is 37.6 Å². The van der Waals surface area contributed by atoms with E-state index >= 15 is 0 Å². The molecular formula is C17H26N4O3. The Bertz CT molecular complexity index is 557. The average Bonchev–Trinajstić information content (AvgIpc) is 2.60. The summed E-state index contributed by atoms with van der Waals surface area (Å²) < 4.78 is 5.02. The molecule has 2 amide bonds. The largest absolute Gasteiger partial charge is 0.450 e. The van der Waals surface area contributed by atoms with Gasteiger partial charge in [0.15, 0.2) is 0 Å². The molecule has 0 saturated carbocycles. The summed E-state index contributed by atoms with van der Waals surface area (Å²) in [7, 11) is 0. The van der Waals surface area contributed by atoms with Crippen LogP contribution in [0.5, 0.6) is 0 Å². The van der Waals surface area contributed by atoms with Gasteiger partial charge in [-0.1, -0.05) is 6.92 Å². The van der Waals surface area contributed by atoms with Gasteiger partial charge in [0.1, 0.15) is 5.82 Å². The number of hydrogen-bond acceptors (Lipinski definition) is 5. The molecule has 2 rings (SSSR count). The number of nitrogens with one attached hydrogen (secondary N) is 2. The number of pyridine rings is 1. The van der Waals surface area contributed by atoms with Crippen molar-refractivity contribution in [2.24, 2.45) is 0 Å². The molecule has 0 atom stereocenters. The van der Waals surface area contributed by atoms with Crippen LogP contribution < -0.4 is 10.6 Å². The molecule has 1 aromatic heterocycles. The zero-order valence-corrected chi connectivity index (χ0v) is 14.4. The zero-order valence-electron chi connectivity index (χ0n) is 14.4. The van der Waals surface area contributed by atoms with Crippen LogP contribution in [-0.4, -0.2) is 54.2 Å². The topological polar surface area (TPSA) is 83.6 Å². The first-order valence-corrected chi connectivity index (χ1v) is 8.56. The van der Waals surface area contributed by atoms with Crippen LogP contribution in [0.3, 0.4) is 0 Å². The van der Waals surface area contributed by atoms with Crippen LogP contribution in [0.25, 0.3) is 0 Å². The summed E-state index contributed by atoms with van der Waals surface area (Å²) in [5, 5.41) is 6.21. The Balaban J connectivity index is 1.86. The minimum Gasteiger partial charge on any atom is -0.450 e. The molecule has 7 nitrogen and oxygen atoms in total. The molecule has 0 bridgehead atoms. The van der Waals surface area contributed by atoms with Crippen LogP contribution >= 0.6 is 0 Å². The van der Waals surface area contributed by atoms with Gasteiger partial charge in [0.05, 0.1) is 6.61 Å². The number of carbonyl (C=O) groups excluding carboxylic acids is 2. The molecular weight excluding hydrogens is 308 g/mol. The Morgan fingerprint density at radius 2 is 2.08 bits per heavy atom. The van der Waals surface area contributed by atoms with E-state index in [1.165, 1.54) is 0 Å². The molecule has 24 heavy (non-hydrogen) atoms. The molecule has 2 N–H and O–H groups in total. The number of ether oxygens (including phenoxy) is 1. The maximum Gasteiger partial charge on any atom is 0.409 e. The van der Waals surface area contributed by atoms with Crippen molar-refractivity contribution < 1.29 is 14.3 Å².